The molecule has 0 atom stereocenters. The lowest BCUT2D eigenvalue weighted by Crippen LogP contribution is -1.99. The molecule has 1 aromatic rings. The Morgan fingerprint density at radius 3 is 2.11 bits per heavy atom. The molecule has 0 saturated heterocycles. The molecule has 0 saturated carbocycles. The Morgan fingerprint density at radius 1 is 1.17 bits per heavy atom. The van der Waals surface area contributed by atoms with E-state index in [1.807, 2.05) is 6.92 Å². The van der Waals surface area contributed by atoms with E-state index in [1.54, 1.807) is 14.2 Å². The number of hydrogen-bond donors (Lipinski definition) is 1. The van der Waals surface area contributed by atoms with Crippen LogP contribution in [0.4, 0.5) is 0 Å². The monoisotopic (exact) mass is 249 g/mol. The molecule has 0 fully saturated rings. The van der Waals surface area contributed by atoms with Gasteiger partial charge in [0.25, 0.3) is 0 Å². The molecule has 3 heteroatoms. The Balaban J connectivity index is 2.89. The molecular weight excluding hydrogens is 226 g/mol. The van der Waals surface area contributed by atoms with Crippen molar-refractivity contribution in [3.63, 3.8) is 0 Å². The highest BCUT2D eigenvalue weighted by Crippen LogP contribution is 2.31. The molecule has 0 aliphatic rings. The van der Waals surface area contributed by atoms with Gasteiger partial charge < -0.3 is 14.9 Å². The van der Waals surface area contributed by atoms with Gasteiger partial charge >= 0.3 is 0 Å². The van der Waals surface area contributed by atoms with E-state index in [0.29, 0.717) is 0 Å². The fourth-order valence-electron chi connectivity index (χ4n) is 2.09. The van der Waals surface area contributed by atoms with Gasteiger partial charge in [-0.3, -0.25) is 0 Å². The highest BCUT2D eigenvalue weighted by Gasteiger charge is 2.10. The van der Waals surface area contributed by atoms with Crippen LogP contribution in [0.25, 0.3) is 0 Å². The van der Waals surface area contributed by atoms with Crippen molar-refractivity contribution < 1.29 is 9.47 Å². The van der Waals surface area contributed by atoms with Gasteiger partial charge in [-0.05, 0) is 50.3 Å². The van der Waals surface area contributed by atoms with Crippen LogP contribution in [0.15, 0.2) is 12.1 Å². The first-order valence-corrected chi connectivity index (χ1v) is 6.40. The van der Waals surface area contributed by atoms with Crippen LogP contribution >= 0.6 is 0 Å². The predicted molar refractivity (Wildman–Crippen MR) is 75.3 cm³/mol. The summed E-state index contributed by atoms with van der Waals surface area (Å²) in [6.07, 6.45) is 3.69. The molecular formula is C15H23NO2. The van der Waals surface area contributed by atoms with E-state index in [4.69, 9.17) is 14.9 Å². The van der Waals surface area contributed by atoms with Gasteiger partial charge in [-0.15, -0.1) is 0 Å². The predicted octanol–water partition coefficient (Wildman–Crippen LogP) is 3.63. The molecule has 0 bridgehead atoms. The lowest BCUT2D eigenvalue weighted by atomic mass is 10.0. The van der Waals surface area contributed by atoms with Crippen LogP contribution in [0.5, 0.6) is 11.5 Å². The van der Waals surface area contributed by atoms with Gasteiger partial charge in [0, 0.05) is 11.3 Å². The molecule has 0 amide bonds. The molecule has 0 spiro atoms. The second-order valence-electron chi connectivity index (χ2n) is 4.47. The third-order valence-electron chi connectivity index (χ3n) is 3.04. The summed E-state index contributed by atoms with van der Waals surface area (Å²) in [5.41, 5.74) is 3.06. The maximum absolute atomic E-state index is 7.43. The number of hydrogen-bond acceptors (Lipinski definition) is 3. The Labute approximate surface area is 110 Å². The normalized spacial score (nSPS) is 10.2. The summed E-state index contributed by atoms with van der Waals surface area (Å²) in [7, 11) is 3.39. The van der Waals surface area contributed by atoms with E-state index in [2.05, 4.69) is 19.1 Å². The molecule has 0 aliphatic carbocycles. The molecule has 18 heavy (non-hydrogen) atoms. The van der Waals surface area contributed by atoms with Crippen LogP contribution in [0.2, 0.25) is 0 Å². The largest absolute Gasteiger partial charge is 0.496 e. The Hall–Kier alpha value is -1.51. The minimum atomic E-state index is 0.735. The molecule has 1 rings (SSSR count). The van der Waals surface area contributed by atoms with E-state index < -0.39 is 0 Å². The minimum absolute atomic E-state index is 0.735. The van der Waals surface area contributed by atoms with Crippen molar-refractivity contribution in [2.24, 2.45) is 0 Å². The van der Waals surface area contributed by atoms with Crippen molar-refractivity contribution in [1.82, 2.24) is 0 Å². The summed E-state index contributed by atoms with van der Waals surface area (Å²) in [6.45, 7) is 3.94. The third kappa shape index (κ3) is 3.76. The summed E-state index contributed by atoms with van der Waals surface area (Å²) >= 11 is 0. The van der Waals surface area contributed by atoms with Gasteiger partial charge in [-0.1, -0.05) is 6.92 Å². The molecule has 3 nitrogen and oxygen atoms in total. The molecule has 1 N–H and O–H groups in total. The zero-order valence-corrected chi connectivity index (χ0v) is 11.8. The van der Waals surface area contributed by atoms with Crippen molar-refractivity contribution in [2.75, 3.05) is 14.2 Å². The smallest absolute Gasteiger partial charge is 0.126 e. The second kappa shape index (κ2) is 7.04. The van der Waals surface area contributed by atoms with Crippen LogP contribution in [0.3, 0.4) is 0 Å². The number of benzene rings is 1. The summed E-state index contributed by atoms with van der Waals surface area (Å²) in [5, 5.41) is 7.43. The Morgan fingerprint density at radius 2 is 1.72 bits per heavy atom. The van der Waals surface area contributed by atoms with Crippen molar-refractivity contribution >= 4 is 5.71 Å². The zero-order valence-electron chi connectivity index (χ0n) is 11.8. The van der Waals surface area contributed by atoms with Gasteiger partial charge in [-0.2, -0.15) is 0 Å². The van der Waals surface area contributed by atoms with Gasteiger partial charge in [0.1, 0.15) is 11.5 Å². The summed E-state index contributed by atoms with van der Waals surface area (Å²) in [4.78, 5) is 0. The number of methoxy groups -OCH3 is 2. The second-order valence-corrected chi connectivity index (χ2v) is 4.47. The standard InChI is InChI=1S/C15H23NO2/c1-5-13-14(17-3)9-12(10-15(13)18-4)8-6-7-11(2)16/h9-10,16H,5-8H2,1-4H3. The highest BCUT2D eigenvalue weighted by atomic mass is 16.5. The van der Waals surface area contributed by atoms with E-state index in [0.717, 1.165) is 48.5 Å². The first kappa shape index (κ1) is 14.6. The average Bonchev–Trinajstić information content (AvgIpc) is 2.36. The van der Waals surface area contributed by atoms with Crippen molar-refractivity contribution in [1.29, 1.82) is 5.41 Å². The van der Waals surface area contributed by atoms with E-state index in [1.165, 1.54) is 5.56 Å². The molecule has 0 heterocycles. The van der Waals surface area contributed by atoms with Crippen molar-refractivity contribution in [3.8, 4) is 11.5 Å². The molecule has 0 aromatic heterocycles. The quantitative estimate of drug-likeness (QED) is 0.750. The van der Waals surface area contributed by atoms with E-state index in [-0.39, 0.29) is 0 Å². The minimum Gasteiger partial charge on any atom is -0.496 e. The van der Waals surface area contributed by atoms with Gasteiger partial charge in [0.2, 0.25) is 0 Å². The maximum atomic E-state index is 7.43. The molecule has 0 aliphatic heterocycles. The fourth-order valence-corrected chi connectivity index (χ4v) is 2.09. The summed E-state index contributed by atoms with van der Waals surface area (Å²) in [5.74, 6) is 1.80. The zero-order chi connectivity index (χ0) is 13.5. The Kier molecular flexibility index (Phi) is 5.69. The first-order chi connectivity index (χ1) is 8.62. The first-order valence-electron chi connectivity index (χ1n) is 6.40. The number of rotatable bonds is 7. The van der Waals surface area contributed by atoms with Crippen LogP contribution < -0.4 is 9.47 Å². The van der Waals surface area contributed by atoms with Crippen LogP contribution in [-0.2, 0) is 12.8 Å². The van der Waals surface area contributed by atoms with Gasteiger partial charge in [0.15, 0.2) is 0 Å². The summed E-state index contributed by atoms with van der Waals surface area (Å²) < 4.78 is 10.8. The maximum Gasteiger partial charge on any atom is 0.126 e. The van der Waals surface area contributed by atoms with Crippen LogP contribution in [0.1, 0.15) is 37.8 Å². The number of aryl methyl sites for hydroxylation is 1. The molecule has 100 valence electrons. The molecule has 0 unspecified atom stereocenters. The third-order valence-corrected chi connectivity index (χ3v) is 3.04. The van der Waals surface area contributed by atoms with Gasteiger partial charge in [0.05, 0.1) is 14.2 Å². The molecule has 0 radical (unpaired) electrons. The van der Waals surface area contributed by atoms with Crippen LogP contribution in [-0.4, -0.2) is 19.9 Å². The van der Waals surface area contributed by atoms with Crippen LogP contribution in [0, 0.1) is 5.41 Å². The van der Waals surface area contributed by atoms with E-state index >= 15 is 0 Å². The van der Waals surface area contributed by atoms with Gasteiger partial charge in [-0.25, -0.2) is 0 Å². The summed E-state index contributed by atoms with van der Waals surface area (Å²) in [6, 6.07) is 4.17. The Bertz CT molecular complexity index is 388. The number of nitrogens with one attached hydrogen (secondary N) is 1. The highest BCUT2D eigenvalue weighted by molar-refractivity contribution is 5.78. The van der Waals surface area contributed by atoms with Crippen molar-refractivity contribution in [3.05, 3.63) is 23.3 Å². The SMILES string of the molecule is CCc1c(OC)cc(CCCC(C)=N)cc1OC. The topological polar surface area (TPSA) is 42.3 Å². The lowest BCUT2D eigenvalue weighted by Gasteiger charge is -2.14. The lowest BCUT2D eigenvalue weighted by molar-refractivity contribution is 0.385. The van der Waals surface area contributed by atoms with Crippen molar-refractivity contribution in [2.45, 2.75) is 39.5 Å². The van der Waals surface area contributed by atoms with E-state index in [9.17, 15) is 0 Å². The molecule has 1 aromatic carbocycles. The average molecular weight is 249 g/mol. The number of ether oxygens (including phenoxy) is 2. The fraction of sp³-hybridized carbons (Fsp3) is 0.533.